The average Bonchev–Trinajstić information content (AvgIpc) is 3.49. The molecule has 2 aromatic rings. The Kier molecular flexibility index (Phi) is 6.57. The van der Waals surface area contributed by atoms with Crippen LogP contribution in [0.2, 0.25) is 0 Å². The van der Waals surface area contributed by atoms with Gasteiger partial charge in [0.2, 0.25) is 0 Å². The first-order chi connectivity index (χ1) is 15.2. The fourth-order valence-corrected chi connectivity index (χ4v) is 3.97. The molecule has 0 amide bonds. The van der Waals surface area contributed by atoms with Gasteiger partial charge in [0.25, 0.3) is 0 Å². The minimum atomic E-state index is -4.82. The van der Waals surface area contributed by atoms with E-state index in [2.05, 4.69) is 4.74 Å². The Morgan fingerprint density at radius 3 is 2.21 bits per heavy atom. The maximum atomic E-state index is 12.5. The molecule has 6 nitrogen and oxygen atoms in total. The first kappa shape index (κ1) is 24.7. The molecule has 3 unspecified atom stereocenters. The molecule has 2 aromatic carbocycles. The number of carbonyl (C=O) groups is 1. The molecule has 1 aliphatic carbocycles. The third kappa shape index (κ3) is 5.52. The van der Waals surface area contributed by atoms with Crippen LogP contribution in [-0.4, -0.2) is 35.3 Å². The number of aliphatic hydroxyl groups excluding tert-OH is 1. The molecule has 33 heavy (non-hydrogen) atoms. The average molecular weight is 468 g/mol. The largest absolute Gasteiger partial charge is 0.573 e. The fraction of sp³-hybridized carbons (Fsp3) is 0.458. The molecule has 3 atom stereocenters. The van der Waals surface area contributed by atoms with Gasteiger partial charge >= 0.3 is 12.3 Å². The molecule has 0 spiro atoms. The van der Waals surface area contributed by atoms with Gasteiger partial charge in [0.1, 0.15) is 17.2 Å². The molecule has 0 aliphatic heterocycles. The molecular formula is C24H27F3O6. The van der Waals surface area contributed by atoms with E-state index < -0.39 is 29.8 Å². The fourth-order valence-electron chi connectivity index (χ4n) is 3.97. The number of rotatable bonds is 8. The van der Waals surface area contributed by atoms with E-state index in [1.165, 1.54) is 27.0 Å². The van der Waals surface area contributed by atoms with Crippen molar-refractivity contribution in [3.63, 3.8) is 0 Å². The quantitative estimate of drug-likeness (QED) is 0.548. The smallest absolute Gasteiger partial charge is 0.496 e. The zero-order valence-electron chi connectivity index (χ0n) is 19.0. The number of alkyl halides is 3. The van der Waals surface area contributed by atoms with Crippen molar-refractivity contribution in [2.75, 3.05) is 7.11 Å². The summed E-state index contributed by atoms with van der Waals surface area (Å²) >= 11 is 0. The van der Waals surface area contributed by atoms with Crippen LogP contribution in [0.15, 0.2) is 30.3 Å². The van der Waals surface area contributed by atoms with Crippen molar-refractivity contribution in [2.24, 2.45) is 5.92 Å². The first-order valence-corrected chi connectivity index (χ1v) is 10.4. The summed E-state index contributed by atoms with van der Waals surface area (Å²) in [5.41, 5.74) is 1.55. The molecule has 0 saturated heterocycles. The van der Waals surface area contributed by atoms with Crippen LogP contribution >= 0.6 is 0 Å². The lowest BCUT2D eigenvalue weighted by molar-refractivity contribution is -0.274. The summed E-state index contributed by atoms with van der Waals surface area (Å²) in [5, 5.41) is 20.2. The molecule has 1 aliphatic rings. The van der Waals surface area contributed by atoms with E-state index in [1.807, 2.05) is 26.0 Å². The van der Waals surface area contributed by atoms with Crippen LogP contribution in [0.5, 0.6) is 17.2 Å². The van der Waals surface area contributed by atoms with Crippen molar-refractivity contribution in [1.82, 2.24) is 0 Å². The minimum Gasteiger partial charge on any atom is -0.496 e. The zero-order chi connectivity index (χ0) is 24.7. The number of benzene rings is 2. The highest BCUT2D eigenvalue weighted by Crippen LogP contribution is 2.56. The van der Waals surface area contributed by atoms with Gasteiger partial charge in [-0.3, -0.25) is 0 Å². The van der Waals surface area contributed by atoms with Crippen molar-refractivity contribution in [3.05, 3.63) is 52.6 Å². The summed E-state index contributed by atoms with van der Waals surface area (Å²) in [7, 11) is 1.32. The Hall–Kier alpha value is -2.94. The summed E-state index contributed by atoms with van der Waals surface area (Å²) in [6.07, 6.45) is -5.07. The molecule has 2 N–H and O–H groups in total. The van der Waals surface area contributed by atoms with Gasteiger partial charge in [-0.15, -0.1) is 13.2 Å². The maximum Gasteiger partial charge on any atom is 0.573 e. The number of halogens is 3. The lowest BCUT2D eigenvalue weighted by atomic mass is 9.97. The molecular weight excluding hydrogens is 441 g/mol. The van der Waals surface area contributed by atoms with Crippen LogP contribution in [0.4, 0.5) is 13.2 Å². The molecule has 9 heteroatoms. The Morgan fingerprint density at radius 2 is 1.70 bits per heavy atom. The monoisotopic (exact) mass is 468 g/mol. The van der Waals surface area contributed by atoms with E-state index >= 15 is 0 Å². The van der Waals surface area contributed by atoms with Crippen LogP contribution in [0.1, 0.15) is 54.5 Å². The van der Waals surface area contributed by atoms with Crippen LogP contribution in [0.3, 0.4) is 0 Å². The third-order valence-electron chi connectivity index (χ3n) is 5.79. The third-order valence-corrected chi connectivity index (χ3v) is 5.79. The van der Waals surface area contributed by atoms with Crippen molar-refractivity contribution in [2.45, 2.75) is 58.1 Å². The topological polar surface area (TPSA) is 85.2 Å². The predicted molar refractivity (Wildman–Crippen MR) is 114 cm³/mol. The van der Waals surface area contributed by atoms with E-state index in [1.54, 1.807) is 0 Å². The normalized spacial score (nSPS) is 19.1. The van der Waals surface area contributed by atoms with E-state index in [0.717, 1.165) is 28.8 Å². The second-order valence-corrected chi connectivity index (χ2v) is 8.80. The van der Waals surface area contributed by atoms with E-state index in [0.29, 0.717) is 17.7 Å². The number of carboxylic acids is 1. The summed E-state index contributed by atoms with van der Waals surface area (Å²) in [6.45, 7) is 6.63. The number of hydrogen-bond acceptors (Lipinski definition) is 5. The minimum absolute atomic E-state index is 0.0368. The van der Waals surface area contributed by atoms with Gasteiger partial charge in [-0.05, 0) is 74.8 Å². The van der Waals surface area contributed by atoms with Crippen LogP contribution in [-0.2, 0) is 4.79 Å². The summed E-state index contributed by atoms with van der Waals surface area (Å²) < 4.78 is 52.3. The molecule has 0 aromatic heterocycles. The highest BCUT2D eigenvalue weighted by molar-refractivity contribution is 5.77. The Balaban J connectivity index is 1.79. The zero-order valence-corrected chi connectivity index (χ0v) is 19.0. The van der Waals surface area contributed by atoms with Gasteiger partial charge in [-0.2, -0.15) is 0 Å². The van der Waals surface area contributed by atoms with Gasteiger partial charge in [-0.1, -0.05) is 12.1 Å². The molecule has 1 fully saturated rings. The Bertz CT molecular complexity index is 1020. The van der Waals surface area contributed by atoms with E-state index in [4.69, 9.17) is 9.47 Å². The van der Waals surface area contributed by atoms with E-state index in [-0.39, 0.29) is 17.6 Å². The number of carboxylic acid groups (broad SMARTS) is 1. The van der Waals surface area contributed by atoms with Crippen LogP contribution < -0.4 is 14.2 Å². The van der Waals surface area contributed by atoms with Crippen molar-refractivity contribution >= 4 is 5.97 Å². The summed E-state index contributed by atoms with van der Waals surface area (Å²) in [4.78, 5) is 11.4. The van der Waals surface area contributed by atoms with Gasteiger partial charge < -0.3 is 24.4 Å². The van der Waals surface area contributed by atoms with Crippen molar-refractivity contribution < 1.29 is 42.4 Å². The molecule has 180 valence electrons. The second-order valence-electron chi connectivity index (χ2n) is 8.80. The SMILES string of the molecule is COc1cc(OC(F)(F)F)ccc1C(O)C1CC1c1cc(C)c(OC(C)(C)C(=O)O)c(C)c1. The molecule has 0 heterocycles. The standard InChI is InChI=1S/C24H27F3O6/c1-12-8-14(9-13(2)21(12)33-23(3,4)22(29)30)17-11-18(17)20(28)16-7-6-15(10-19(16)31-5)32-24(25,26)27/h6-10,17-18,20,28H,11H2,1-5H3,(H,29,30). The molecule has 1 saturated carbocycles. The number of hydrogen-bond donors (Lipinski definition) is 2. The van der Waals surface area contributed by atoms with Crippen molar-refractivity contribution in [3.8, 4) is 17.2 Å². The van der Waals surface area contributed by atoms with Gasteiger partial charge in [0.05, 0.1) is 13.2 Å². The van der Waals surface area contributed by atoms with Crippen molar-refractivity contribution in [1.29, 1.82) is 0 Å². The van der Waals surface area contributed by atoms with Gasteiger partial charge in [-0.25, -0.2) is 4.79 Å². The summed E-state index contributed by atoms with van der Waals surface area (Å²) in [6, 6.07) is 7.45. The van der Waals surface area contributed by atoms with Crippen LogP contribution in [0.25, 0.3) is 0 Å². The Labute approximate surface area is 189 Å². The van der Waals surface area contributed by atoms with Crippen LogP contribution in [0, 0.1) is 19.8 Å². The highest BCUT2D eigenvalue weighted by Gasteiger charge is 2.45. The lowest BCUT2D eigenvalue weighted by Gasteiger charge is -2.24. The molecule has 3 rings (SSSR count). The molecule has 0 bridgehead atoms. The number of methoxy groups -OCH3 is 1. The van der Waals surface area contributed by atoms with Gasteiger partial charge in [0.15, 0.2) is 5.60 Å². The maximum absolute atomic E-state index is 12.5. The number of aliphatic hydroxyl groups is 1. The number of aryl methyl sites for hydroxylation is 2. The highest BCUT2D eigenvalue weighted by atomic mass is 19.4. The molecule has 0 radical (unpaired) electrons. The number of ether oxygens (including phenoxy) is 3. The van der Waals surface area contributed by atoms with Gasteiger partial charge in [0, 0.05) is 11.6 Å². The number of aliphatic carboxylic acids is 1. The predicted octanol–water partition coefficient (Wildman–Crippen LogP) is 5.29. The summed E-state index contributed by atoms with van der Waals surface area (Å²) in [5.74, 6) is -0.984. The van der Waals surface area contributed by atoms with E-state index in [9.17, 15) is 28.2 Å². The first-order valence-electron chi connectivity index (χ1n) is 10.4. The Morgan fingerprint density at radius 1 is 1.09 bits per heavy atom. The lowest BCUT2D eigenvalue weighted by Crippen LogP contribution is -2.38. The second kappa shape index (κ2) is 8.78.